The first-order valence-corrected chi connectivity index (χ1v) is 22.0. The minimum Gasteiger partial charge on any atom is -0.456 e. The molecule has 3 aliphatic heterocycles. The van der Waals surface area contributed by atoms with Gasteiger partial charge in [0.05, 0.1) is 43.7 Å². The number of fused-ring (bicyclic) bond motifs is 3. The van der Waals surface area contributed by atoms with Crippen LogP contribution in [0.5, 0.6) is 0 Å². The van der Waals surface area contributed by atoms with E-state index in [1.54, 1.807) is 27.0 Å². The average molecular weight is 848 g/mol. The van der Waals surface area contributed by atoms with Gasteiger partial charge in [-0.25, -0.2) is 4.79 Å². The van der Waals surface area contributed by atoms with Crippen molar-refractivity contribution in [3.8, 4) is 0 Å². The fourth-order valence-electron chi connectivity index (χ4n) is 9.80. The lowest BCUT2D eigenvalue weighted by Crippen LogP contribution is -2.64. The van der Waals surface area contributed by atoms with Crippen LogP contribution in [0.4, 0.5) is 0 Å². The van der Waals surface area contributed by atoms with Crippen LogP contribution in [-0.4, -0.2) is 139 Å². The van der Waals surface area contributed by atoms with E-state index in [0.29, 0.717) is 50.5 Å². The van der Waals surface area contributed by atoms with Crippen molar-refractivity contribution in [1.82, 2.24) is 4.90 Å². The van der Waals surface area contributed by atoms with Gasteiger partial charge in [0.15, 0.2) is 0 Å². The number of allylic oxidation sites excluding steroid dienone is 4. The average Bonchev–Trinajstić information content (AvgIpc) is 3.23. The van der Waals surface area contributed by atoms with E-state index in [4.69, 9.17) is 28.4 Å². The van der Waals surface area contributed by atoms with Gasteiger partial charge in [-0.15, -0.1) is 6.58 Å². The van der Waals surface area contributed by atoms with Crippen molar-refractivity contribution in [2.24, 2.45) is 29.6 Å². The second kappa shape index (κ2) is 23.0. The van der Waals surface area contributed by atoms with Crippen molar-refractivity contribution in [2.45, 2.75) is 160 Å². The van der Waals surface area contributed by atoms with Gasteiger partial charge in [0.2, 0.25) is 5.79 Å². The molecule has 14 nitrogen and oxygen atoms in total. The molecule has 0 radical (unpaired) electrons. The molecule has 3 heterocycles. The monoisotopic (exact) mass is 848 g/mol. The van der Waals surface area contributed by atoms with Gasteiger partial charge < -0.3 is 48.6 Å². The number of rotatable bonds is 10. The summed E-state index contributed by atoms with van der Waals surface area (Å²) < 4.78 is 35.9. The highest BCUT2D eigenvalue weighted by atomic mass is 16.7. The molecule has 4 rings (SSSR count). The first-order valence-electron chi connectivity index (χ1n) is 22.0. The fourth-order valence-corrected chi connectivity index (χ4v) is 9.80. The van der Waals surface area contributed by atoms with E-state index < -0.39 is 77.8 Å². The Kier molecular flexibility index (Phi) is 19.1. The zero-order chi connectivity index (χ0) is 44.3. The van der Waals surface area contributed by atoms with E-state index in [1.165, 1.54) is 19.1 Å². The molecular weight excluding hydrogens is 774 g/mol. The minimum atomic E-state index is -2.52. The number of carbonyl (C=O) groups excluding carboxylic acids is 4. The molecule has 14 atom stereocenters. The fraction of sp³-hybridized carbons (Fsp3) is 0.783. The number of ether oxygens (including phenoxy) is 6. The van der Waals surface area contributed by atoms with E-state index in [1.807, 2.05) is 32.9 Å². The lowest BCUT2D eigenvalue weighted by molar-refractivity contribution is -0.302. The van der Waals surface area contributed by atoms with Crippen LogP contribution in [0.25, 0.3) is 0 Å². The second-order valence-electron chi connectivity index (χ2n) is 17.8. The van der Waals surface area contributed by atoms with Gasteiger partial charge in [0, 0.05) is 52.0 Å². The summed E-state index contributed by atoms with van der Waals surface area (Å²) in [4.78, 5) is 58.1. The Bertz CT molecular complexity index is 1530. The number of aliphatic hydroxyl groups excluding tert-OH is 2. The molecule has 4 aliphatic rings. The van der Waals surface area contributed by atoms with Crippen LogP contribution in [0.2, 0.25) is 0 Å². The summed E-state index contributed by atoms with van der Waals surface area (Å²) in [5.41, 5.74) is 1.62. The third-order valence-electron chi connectivity index (χ3n) is 13.3. The van der Waals surface area contributed by atoms with Crippen molar-refractivity contribution in [3.63, 3.8) is 0 Å². The SMILES string of the molecule is C=CC[C@@H]1/C=C(\C)C[C@H](C)C[C@H](OC)[C@H]2O[C@@](O)(C(=O)C(=O)N3CCCC[C@H]3C(=O)O[C@H](/C(C)=C/[C@@H]3CC[C@@H](OCCO)[C@H](OC)C3)[C@H](C)[C@@H](O)CC1=O)[C@H](C)C[C@@H]2OC. The molecule has 1 amide bonds. The third-order valence-corrected chi connectivity index (χ3v) is 13.3. The lowest BCUT2D eigenvalue weighted by atomic mass is 9.81. The zero-order valence-corrected chi connectivity index (χ0v) is 37.2. The predicted molar refractivity (Wildman–Crippen MR) is 223 cm³/mol. The lowest BCUT2D eigenvalue weighted by Gasteiger charge is -2.47. The van der Waals surface area contributed by atoms with Crippen molar-refractivity contribution in [2.75, 3.05) is 41.1 Å². The van der Waals surface area contributed by atoms with E-state index >= 15 is 0 Å². The van der Waals surface area contributed by atoms with E-state index in [9.17, 15) is 34.5 Å². The normalized spacial score (nSPS) is 39.5. The highest BCUT2D eigenvalue weighted by Crippen LogP contribution is 2.39. The maximum Gasteiger partial charge on any atom is 0.329 e. The predicted octanol–water partition coefficient (Wildman–Crippen LogP) is 4.66. The summed E-state index contributed by atoms with van der Waals surface area (Å²) in [6.07, 6.45) is 5.76. The molecule has 60 heavy (non-hydrogen) atoms. The van der Waals surface area contributed by atoms with Gasteiger partial charge in [-0.1, -0.05) is 44.6 Å². The summed E-state index contributed by atoms with van der Waals surface area (Å²) >= 11 is 0. The number of cyclic esters (lactones) is 1. The first kappa shape index (κ1) is 49.8. The zero-order valence-electron chi connectivity index (χ0n) is 37.2. The van der Waals surface area contributed by atoms with Gasteiger partial charge in [-0.05, 0) is 95.5 Å². The molecule has 1 aliphatic carbocycles. The van der Waals surface area contributed by atoms with Gasteiger partial charge in [0.25, 0.3) is 11.7 Å². The van der Waals surface area contributed by atoms with Crippen LogP contribution in [0.15, 0.2) is 36.0 Å². The Morgan fingerprint density at radius 2 is 1.63 bits per heavy atom. The molecule has 0 spiro atoms. The molecule has 1 saturated carbocycles. The molecule has 3 fully saturated rings. The Morgan fingerprint density at radius 3 is 2.28 bits per heavy atom. The van der Waals surface area contributed by atoms with Crippen molar-refractivity contribution >= 4 is 23.4 Å². The second-order valence-corrected chi connectivity index (χ2v) is 17.8. The van der Waals surface area contributed by atoms with Crippen LogP contribution in [0.1, 0.15) is 105 Å². The topological polar surface area (TPSA) is 188 Å². The molecule has 2 saturated heterocycles. The van der Waals surface area contributed by atoms with Crippen LogP contribution in [-0.2, 0) is 47.6 Å². The summed E-state index contributed by atoms with van der Waals surface area (Å²) in [5.74, 6) is -7.76. The molecule has 3 N–H and O–H groups in total. The number of esters is 1. The number of piperidine rings is 1. The number of nitrogens with zero attached hydrogens (tertiary/aromatic N) is 1. The Labute approximate surface area is 357 Å². The Morgan fingerprint density at radius 1 is 0.950 bits per heavy atom. The number of Topliss-reactive ketones (excluding diaryl/α,β-unsaturated/α-hetero) is 2. The minimum absolute atomic E-state index is 0.00589. The van der Waals surface area contributed by atoms with E-state index in [-0.39, 0.29) is 68.8 Å². The van der Waals surface area contributed by atoms with Crippen molar-refractivity contribution in [3.05, 3.63) is 36.0 Å². The number of amides is 1. The third kappa shape index (κ3) is 12.2. The molecule has 0 aromatic heterocycles. The number of hydrogen-bond acceptors (Lipinski definition) is 13. The van der Waals surface area contributed by atoms with Crippen LogP contribution >= 0.6 is 0 Å². The first-order chi connectivity index (χ1) is 28.5. The quantitative estimate of drug-likeness (QED) is 0.157. The number of aliphatic hydroxyl groups is 3. The number of ketones is 2. The maximum atomic E-state index is 14.4. The van der Waals surface area contributed by atoms with Gasteiger partial charge in [0.1, 0.15) is 24.0 Å². The Balaban J connectivity index is 1.76. The smallest absolute Gasteiger partial charge is 0.329 e. The van der Waals surface area contributed by atoms with Gasteiger partial charge in [-0.2, -0.15) is 0 Å². The van der Waals surface area contributed by atoms with E-state index in [0.717, 1.165) is 12.0 Å². The Hall–Kier alpha value is -2.82. The van der Waals surface area contributed by atoms with Crippen molar-refractivity contribution in [1.29, 1.82) is 0 Å². The molecule has 0 aromatic carbocycles. The molecule has 340 valence electrons. The molecule has 14 heteroatoms. The van der Waals surface area contributed by atoms with Gasteiger partial charge >= 0.3 is 5.97 Å². The van der Waals surface area contributed by atoms with Gasteiger partial charge in [-0.3, -0.25) is 14.4 Å². The summed E-state index contributed by atoms with van der Waals surface area (Å²) in [7, 11) is 4.67. The largest absolute Gasteiger partial charge is 0.456 e. The molecule has 0 aromatic rings. The molecular formula is C46H73NO13. The summed E-state index contributed by atoms with van der Waals surface area (Å²) in [6.45, 7) is 13.3. The van der Waals surface area contributed by atoms with Crippen LogP contribution in [0, 0.1) is 29.6 Å². The summed E-state index contributed by atoms with van der Waals surface area (Å²) in [6, 6.07) is -1.15. The standard InChI is InChI=1S/C46H73NO13/c1-10-13-33-21-27(2)20-28(3)22-39(56-8)42-40(57-9)24-30(5)46(54,60-42)43(51)44(52)47-17-12-11-14-34(47)45(53)59-41(31(6)35(49)26-36(33)50)29(4)23-32-15-16-37(58-19-18-48)38(25-32)55-7/h10,21,23,28,30-35,37-42,48-49,54H,1,11-20,22,24-26H2,2-9H3/b27-21+,29-23+/t28-,30+,31+,32-,33+,34-,35-,37+,38+,39-,40-,41+,42+,46+/m0/s1. The maximum absolute atomic E-state index is 14.4. The number of carbonyl (C=O) groups is 4. The highest BCUT2D eigenvalue weighted by molar-refractivity contribution is 6.39. The molecule has 0 unspecified atom stereocenters. The van der Waals surface area contributed by atoms with E-state index in [2.05, 4.69) is 6.58 Å². The van der Waals surface area contributed by atoms with Crippen LogP contribution in [0.3, 0.4) is 0 Å². The molecule has 2 bridgehead atoms. The number of hydrogen-bond donors (Lipinski definition) is 3. The van der Waals surface area contributed by atoms with Crippen molar-refractivity contribution < 1.29 is 62.9 Å². The summed E-state index contributed by atoms with van der Waals surface area (Å²) in [5, 5.41) is 33.1. The van der Waals surface area contributed by atoms with Crippen LogP contribution < -0.4 is 0 Å². The highest BCUT2D eigenvalue weighted by Gasteiger charge is 2.56. The number of methoxy groups -OCH3 is 3.